The first-order chi connectivity index (χ1) is 13.9. The zero-order valence-corrected chi connectivity index (χ0v) is 17.5. The second kappa shape index (κ2) is 9.48. The standard InChI is InChI=1S/C20H23F3N2O4S/c1-13-4-7-16(8-5-13)25-30(27,28)17-9-6-14(2)18(10-17)19(26)24-15(3)11-29-12-20(21,22)23/h4-10,15,25H,11-12H2,1-3H3,(H,24,26)/t15-/m0/s1. The van der Waals surface area contributed by atoms with Crippen LogP contribution < -0.4 is 10.0 Å². The van der Waals surface area contributed by atoms with Crippen LogP contribution in [-0.2, 0) is 14.8 Å². The van der Waals surface area contributed by atoms with Crippen molar-refractivity contribution in [1.82, 2.24) is 5.32 Å². The second-order valence-electron chi connectivity index (χ2n) is 6.95. The average Bonchev–Trinajstić information content (AvgIpc) is 2.62. The summed E-state index contributed by atoms with van der Waals surface area (Å²) in [4.78, 5) is 12.4. The van der Waals surface area contributed by atoms with Crippen molar-refractivity contribution in [2.24, 2.45) is 0 Å². The molecule has 30 heavy (non-hydrogen) atoms. The van der Waals surface area contributed by atoms with E-state index in [-0.39, 0.29) is 17.1 Å². The van der Waals surface area contributed by atoms with Crippen LogP contribution in [0.2, 0.25) is 0 Å². The molecule has 0 unspecified atom stereocenters. The Balaban J connectivity index is 2.11. The van der Waals surface area contributed by atoms with Gasteiger partial charge in [-0.2, -0.15) is 13.2 Å². The third-order valence-corrected chi connectivity index (χ3v) is 5.46. The molecule has 0 radical (unpaired) electrons. The maximum absolute atomic E-state index is 12.7. The van der Waals surface area contributed by atoms with Gasteiger partial charge in [0.05, 0.1) is 11.5 Å². The predicted molar refractivity (Wildman–Crippen MR) is 107 cm³/mol. The monoisotopic (exact) mass is 444 g/mol. The molecule has 0 aliphatic heterocycles. The molecule has 10 heteroatoms. The summed E-state index contributed by atoms with van der Waals surface area (Å²) in [6.07, 6.45) is -4.45. The molecule has 0 saturated carbocycles. The van der Waals surface area contributed by atoms with Crippen LogP contribution in [0.1, 0.15) is 28.4 Å². The fraction of sp³-hybridized carbons (Fsp3) is 0.350. The maximum atomic E-state index is 12.7. The van der Waals surface area contributed by atoms with Crippen LogP contribution in [0.3, 0.4) is 0 Å². The van der Waals surface area contributed by atoms with Crippen LogP contribution in [0.4, 0.5) is 18.9 Å². The van der Waals surface area contributed by atoms with Crippen molar-refractivity contribution in [3.05, 3.63) is 59.2 Å². The Morgan fingerprint density at radius 3 is 2.33 bits per heavy atom. The van der Waals surface area contributed by atoms with Gasteiger partial charge in [-0.3, -0.25) is 9.52 Å². The van der Waals surface area contributed by atoms with Crippen molar-refractivity contribution in [2.75, 3.05) is 17.9 Å². The molecule has 1 amide bonds. The van der Waals surface area contributed by atoms with Crippen LogP contribution in [0.5, 0.6) is 0 Å². The highest BCUT2D eigenvalue weighted by atomic mass is 32.2. The molecule has 0 fully saturated rings. The minimum atomic E-state index is -4.45. The van der Waals surface area contributed by atoms with Gasteiger partial charge in [-0.15, -0.1) is 0 Å². The summed E-state index contributed by atoms with van der Waals surface area (Å²) in [6, 6.07) is 10.1. The Labute approximate surface area is 173 Å². The van der Waals surface area contributed by atoms with Gasteiger partial charge in [0.25, 0.3) is 15.9 Å². The van der Waals surface area contributed by atoms with E-state index >= 15 is 0 Å². The van der Waals surface area contributed by atoms with E-state index in [1.165, 1.54) is 25.1 Å². The Kier molecular flexibility index (Phi) is 7.49. The Morgan fingerprint density at radius 2 is 1.73 bits per heavy atom. The minimum absolute atomic E-state index is 0.101. The van der Waals surface area contributed by atoms with Crippen molar-refractivity contribution >= 4 is 21.6 Å². The number of carbonyl (C=O) groups excluding carboxylic acids is 1. The number of aryl methyl sites for hydroxylation is 2. The number of ether oxygens (including phenoxy) is 1. The molecule has 0 aromatic heterocycles. The molecule has 0 heterocycles. The van der Waals surface area contributed by atoms with E-state index in [9.17, 15) is 26.4 Å². The number of amides is 1. The molecule has 1 atom stereocenters. The quantitative estimate of drug-likeness (QED) is 0.649. The van der Waals surface area contributed by atoms with E-state index in [1.54, 1.807) is 31.2 Å². The van der Waals surface area contributed by atoms with Gasteiger partial charge in [-0.05, 0) is 50.6 Å². The molecule has 0 bridgehead atoms. The molecular formula is C20H23F3N2O4S. The third-order valence-electron chi connectivity index (χ3n) is 4.08. The lowest BCUT2D eigenvalue weighted by atomic mass is 10.1. The largest absolute Gasteiger partial charge is 0.411 e. The van der Waals surface area contributed by atoms with Crippen LogP contribution in [0.25, 0.3) is 0 Å². The van der Waals surface area contributed by atoms with Gasteiger partial charge in [0.1, 0.15) is 6.61 Å². The highest BCUT2D eigenvalue weighted by Gasteiger charge is 2.28. The van der Waals surface area contributed by atoms with Crippen LogP contribution in [-0.4, -0.2) is 39.8 Å². The topological polar surface area (TPSA) is 84.5 Å². The van der Waals surface area contributed by atoms with Crippen molar-refractivity contribution in [1.29, 1.82) is 0 Å². The lowest BCUT2D eigenvalue weighted by Gasteiger charge is -2.16. The first-order valence-electron chi connectivity index (χ1n) is 9.03. The van der Waals surface area contributed by atoms with Gasteiger partial charge in [0.15, 0.2) is 0 Å². The van der Waals surface area contributed by atoms with Gasteiger partial charge in [0, 0.05) is 17.3 Å². The van der Waals surface area contributed by atoms with Crippen LogP contribution >= 0.6 is 0 Å². The van der Waals surface area contributed by atoms with E-state index in [4.69, 9.17) is 0 Å². The third kappa shape index (κ3) is 7.03. The molecular weight excluding hydrogens is 421 g/mol. The Bertz CT molecular complexity index is 990. The molecule has 6 nitrogen and oxygen atoms in total. The van der Waals surface area contributed by atoms with Crippen molar-refractivity contribution in [3.63, 3.8) is 0 Å². The number of nitrogens with one attached hydrogen (secondary N) is 2. The highest BCUT2D eigenvalue weighted by Crippen LogP contribution is 2.20. The molecule has 0 spiro atoms. The van der Waals surface area contributed by atoms with Gasteiger partial charge in [-0.1, -0.05) is 23.8 Å². The van der Waals surface area contributed by atoms with Crippen molar-refractivity contribution < 1.29 is 31.1 Å². The van der Waals surface area contributed by atoms with Gasteiger partial charge in [0.2, 0.25) is 0 Å². The smallest absolute Gasteiger partial charge is 0.370 e. The molecule has 2 N–H and O–H groups in total. The predicted octanol–water partition coefficient (Wildman–Crippen LogP) is 3.80. The number of rotatable bonds is 8. The fourth-order valence-electron chi connectivity index (χ4n) is 2.54. The molecule has 2 aromatic rings. The second-order valence-corrected chi connectivity index (χ2v) is 8.64. The average molecular weight is 444 g/mol. The SMILES string of the molecule is Cc1ccc(NS(=O)(=O)c2ccc(C)c(C(=O)N[C@@H](C)COCC(F)(F)F)c2)cc1. The molecule has 164 valence electrons. The van der Waals surface area contributed by atoms with E-state index in [1.807, 2.05) is 6.92 Å². The number of benzene rings is 2. The van der Waals surface area contributed by atoms with Crippen LogP contribution in [0, 0.1) is 13.8 Å². The number of alkyl halides is 3. The summed E-state index contributed by atoms with van der Waals surface area (Å²) < 4.78 is 68.7. The summed E-state index contributed by atoms with van der Waals surface area (Å²) in [6.45, 7) is 3.24. The summed E-state index contributed by atoms with van der Waals surface area (Å²) >= 11 is 0. The number of anilines is 1. The molecule has 0 saturated heterocycles. The first kappa shape index (κ1) is 23.7. The zero-order valence-electron chi connectivity index (χ0n) is 16.7. The van der Waals surface area contributed by atoms with E-state index in [2.05, 4.69) is 14.8 Å². The number of hydrogen-bond donors (Lipinski definition) is 2. The van der Waals surface area contributed by atoms with Gasteiger partial charge >= 0.3 is 6.18 Å². The van der Waals surface area contributed by atoms with Gasteiger partial charge in [-0.25, -0.2) is 8.42 Å². The van der Waals surface area contributed by atoms with Gasteiger partial charge < -0.3 is 10.1 Å². The van der Waals surface area contributed by atoms with Crippen LogP contribution in [0.15, 0.2) is 47.4 Å². The molecule has 0 aliphatic rings. The number of halogens is 3. The van der Waals surface area contributed by atoms with E-state index < -0.39 is 34.8 Å². The minimum Gasteiger partial charge on any atom is -0.370 e. The summed E-state index contributed by atoms with van der Waals surface area (Å²) in [5, 5.41) is 2.51. The number of carbonyl (C=O) groups is 1. The zero-order chi connectivity index (χ0) is 22.5. The summed E-state index contributed by atoms with van der Waals surface area (Å²) in [5.74, 6) is -0.608. The van der Waals surface area contributed by atoms with E-state index in [0.717, 1.165) is 5.56 Å². The number of sulfonamides is 1. The lowest BCUT2D eigenvalue weighted by molar-refractivity contribution is -0.174. The maximum Gasteiger partial charge on any atom is 0.411 e. The Morgan fingerprint density at radius 1 is 1.10 bits per heavy atom. The first-order valence-corrected chi connectivity index (χ1v) is 10.5. The van der Waals surface area contributed by atoms with E-state index in [0.29, 0.717) is 11.3 Å². The number of hydrogen-bond acceptors (Lipinski definition) is 4. The molecule has 2 rings (SSSR count). The van der Waals surface area contributed by atoms with Crippen molar-refractivity contribution in [2.45, 2.75) is 37.9 Å². The molecule has 2 aromatic carbocycles. The Hall–Kier alpha value is -2.59. The molecule has 0 aliphatic carbocycles. The summed E-state index contributed by atoms with van der Waals surface area (Å²) in [5.41, 5.74) is 1.97. The lowest BCUT2D eigenvalue weighted by Crippen LogP contribution is -2.37. The normalized spacial score (nSPS) is 13.0. The van der Waals surface area contributed by atoms with Crippen molar-refractivity contribution in [3.8, 4) is 0 Å². The fourth-order valence-corrected chi connectivity index (χ4v) is 3.63. The summed E-state index contributed by atoms with van der Waals surface area (Å²) in [7, 11) is -3.94. The highest BCUT2D eigenvalue weighted by molar-refractivity contribution is 7.92.